The number of fused-ring (bicyclic) bond motifs is 1. The fourth-order valence-corrected chi connectivity index (χ4v) is 5.63. The fourth-order valence-electron chi connectivity index (χ4n) is 5.63. The number of nitrogens with one attached hydrogen (secondary N) is 1. The minimum Gasteiger partial charge on any atom is -0.444 e. The topological polar surface area (TPSA) is 100 Å². The van der Waals surface area contributed by atoms with E-state index in [1.807, 2.05) is 26.8 Å². The van der Waals surface area contributed by atoms with Gasteiger partial charge in [-0.1, -0.05) is 12.1 Å². The Labute approximate surface area is 252 Å². The fraction of sp³-hybridized carbons (Fsp3) is 0.500. The summed E-state index contributed by atoms with van der Waals surface area (Å²) >= 11 is 0. The quantitative estimate of drug-likeness (QED) is 0.425. The summed E-state index contributed by atoms with van der Waals surface area (Å²) in [6.45, 7) is 9.57. The smallest absolute Gasteiger partial charge is 0.410 e. The Bertz CT molecular complexity index is 1480. The number of likely N-dealkylation sites (tertiary alicyclic amines) is 1. The van der Waals surface area contributed by atoms with Crippen molar-refractivity contribution in [2.24, 2.45) is 0 Å². The van der Waals surface area contributed by atoms with E-state index in [1.54, 1.807) is 43.4 Å². The van der Waals surface area contributed by atoms with Crippen LogP contribution in [0.4, 0.5) is 20.7 Å². The van der Waals surface area contributed by atoms with E-state index in [9.17, 15) is 9.59 Å². The van der Waals surface area contributed by atoms with E-state index in [0.29, 0.717) is 73.5 Å². The Morgan fingerprint density at radius 3 is 2.51 bits per heavy atom. The molecule has 3 heterocycles. The third-order valence-corrected chi connectivity index (χ3v) is 7.79. The van der Waals surface area contributed by atoms with Crippen molar-refractivity contribution in [3.05, 3.63) is 59.0 Å². The highest BCUT2D eigenvalue weighted by Gasteiger charge is 2.30. The minimum absolute atomic E-state index is 0.0391. The molecule has 3 aromatic rings. The third kappa shape index (κ3) is 7.15. The van der Waals surface area contributed by atoms with Gasteiger partial charge in [0.1, 0.15) is 22.8 Å². The van der Waals surface area contributed by atoms with Crippen molar-refractivity contribution in [3.8, 4) is 0 Å². The summed E-state index contributed by atoms with van der Waals surface area (Å²) in [7, 11) is 3.42. The molecule has 0 radical (unpaired) electrons. The SMILES string of the molecule is CN(C)C(=O)c1cc(NCc2cccc(F)c2C2CCN(C(=O)OC(C)(C)C)CC2)c2nc(N3CCOCC3)cnc2c1. The van der Waals surface area contributed by atoms with Gasteiger partial charge in [0.2, 0.25) is 0 Å². The minimum atomic E-state index is -0.565. The Morgan fingerprint density at radius 1 is 1.12 bits per heavy atom. The number of amides is 2. The molecule has 230 valence electrons. The zero-order valence-corrected chi connectivity index (χ0v) is 25.7. The molecular weight excluding hydrogens is 551 g/mol. The lowest BCUT2D eigenvalue weighted by Crippen LogP contribution is -2.41. The van der Waals surface area contributed by atoms with Crippen molar-refractivity contribution < 1.29 is 23.5 Å². The predicted molar refractivity (Wildman–Crippen MR) is 164 cm³/mol. The Hall–Kier alpha value is -3.99. The molecule has 0 spiro atoms. The largest absolute Gasteiger partial charge is 0.444 e. The van der Waals surface area contributed by atoms with Gasteiger partial charge in [0.25, 0.3) is 5.91 Å². The van der Waals surface area contributed by atoms with E-state index in [4.69, 9.17) is 14.5 Å². The molecule has 0 bridgehead atoms. The maximum atomic E-state index is 15.4. The number of benzene rings is 2. The molecule has 1 N–H and O–H groups in total. The normalized spacial score (nSPS) is 16.3. The van der Waals surface area contributed by atoms with Crippen molar-refractivity contribution in [2.75, 3.05) is 63.7 Å². The van der Waals surface area contributed by atoms with Gasteiger partial charge in [0.15, 0.2) is 0 Å². The molecule has 0 atom stereocenters. The number of hydrogen-bond donors (Lipinski definition) is 1. The van der Waals surface area contributed by atoms with E-state index >= 15 is 4.39 Å². The van der Waals surface area contributed by atoms with E-state index in [2.05, 4.69) is 15.2 Å². The Morgan fingerprint density at radius 2 is 1.84 bits per heavy atom. The van der Waals surface area contributed by atoms with Crippen LogP contribution < -0.4 is 10.2 Å². The molecule has 2 aliphatic heterocycles. The van der Waals surface area contributed by atoms with Crippen LogP contribution in [-0.2, 0) is 16.0 Å². The lowest BCUT2D eigenvalue weighted by Gasteiger charge is -2.34. The first-order valence-electron chi connectivity index (χ1n) is 14.8. The van der Waals surface area contributed by atoms with Crippen molar-refractivity contribution in [2.45, 2.75) is 51.7 Å². The number of nitrogens with zero attached hydrogens (tertiary/aromatic N) is 5. The molecule has 2 amide bonds. The Kier molecular flexibility index (Phi) is 9.00. The molecule has 2 fully saturated rings. The van der Waals surface area contributed by atoms with E-state index in [-0.39, 0.29) is 23.7 Å². The number of carbonyl (C=O) groups excluding carboxylic acids is 2. The molecule has 0 unspecified atom stereocenters. The molecule has 0 saturated carbocycles. The monoisotopic (exact) mass is 592 g/mol. The second-order valence-electron chi connectivity index (χ2n) is 12.3. The van der Waals surface area contributed by atoms with Crippen LogP contribution in [-0.4, -0.2) is 90.9 Å². The maximum Gasteiger partial charge on any atom is 0.410 e. The number of aromatic nitrogens is 2. The van der Waals surface area contributed by atoms with Crippen LogP contribution in [0.5, 0.6) is 0 Å². The van der Waals surface area contributed by atoms with Crippen LogP contribution in [0.2, 0.25) is 0 Å². The van der Waals surface area contributed by atoms with Gasteiger partial charge in [-0.15, -0.1) is 0 Å². The highest BCUT2D eigenvalue weighted by Crippen LogP contribution is 2.34. The number of carbonyl (C=O) groups is 2. The summed E-state index contributed by atoms with van der Waals surface area (Å²) in [6.07, 6.45) is 2.67. The lowest BCUT2D eigenvalue weighted by molar-refractivity contribution is 0.0204. The van der Waals surface area contributed by atoms with E-state index in [1.165, 1.54) is 11.0 Å². The van der Waals surface area contributed by atoms with Gasteiger partial charge in [-0.25, -0.2) is 14.2 Å². The van der Waals surface area contributed by atoms with Crippen LogP contribution in [0.3, 0.4) is 0 Å². The summed E-state index contributed by atoms with van der Waals surface area (Å²) in [5.74, 6) is 0.300. The molecule has 10 nitrogen and oxygen atoms in total. The zero-order valence-electron chi connectivity index (χ0n) is 25.7. The van der Waals surface area contributed by atoms with Crippen LogP contribution in [0.15, 0.2) is 36.5 Å². The summed E-state index contributed by atoms with van der Waals surface area (Å²) in [5.41, 5.74) is 3.30. The second-order valence-corrected chi connectivity index (χ2v) is 12.3. The summed E-state index contributed by atoms with van der Waals surface area (Å²) in [4.78, 5) is 40.5. The maximum absolute atomic E-state index is 15.4. The van der Waals surface area contributed by atoms with Crippen molar-refractivity contribution >= 4 is 34.5 Å². The number of piperidine rings is 1. The molecule has 1 aromatic heterocycles. The van der Waals surface area contributed by atoms with Gasteiger partial charge < -0.3 is 29.5 Å². The second kappa shape index (κ2) is 12.7. The molecule has 11 heteroatoms. The number of halogens is 1. The first-order chi connectivity index (χ1) is 20.5. The van der Waals surface area contributed by atoms with Crippen molar-refractivity contribution in [1.82, 2.24) is 19.8 Å². The van der Waals surface area contributed by atoms with Crippen LogP contribution in [0, 0.1) is 5.82 Å². The Balaban J connectivity index is 1.40. The summed E-state index contributed by atoms with van der Waals surface area (Å²) < 4.78 is 26.4. The molecule has 2 aliphatic rings. The van der Waals surface area contributed by atoms with Crippen LogP contribution in [0.1, 0.15) is 61.0 Å². The first kappa shape index (κ1) is 30.5. The zero-order chi connectivity index (χ0) is 30.7. The number of hydrogen-bond acceptors (Lipinski definition) is 8. The average Bonchev–Trinajstić information content (AvgIpc) is 2.98. The van der Waals surface area contributed by atoms with Crippen molar-refractivity contribution in [1.29, 1.82) is 0 Å². The molecular formula is C32H41FN6O4. The summed E-state index contributed by atoms with van der Waals surface area (Å²) in [5, 5.41) is 3.46. The number of morpholine rings is 1. The van der Waals surface area contributed by atoms with Crippen LogP contribution in [0.25, 0.3) is 11.0 Å². The lowest BCUT2D eigenvalue weighted by atomic mass is 9.86. The van der Waals surface area contributed by atoms with Gasteiger partial charge in [-0.2, -0.15) is 0 Å². The van der Waals surface area contributed by atoms with Gasteiger partial charge in [-0.05, 0) is 68.9 Å². The van der Waals surface area contributed by atoms with Gasteiger partial charge in [-0.3, -0.25) is 9.78 Å². The molecule has 0 aliphatic carbocycles. The molecule has 43 heavy (non-hydrogen) atoms. The highest BCUT2D eigenvalue weighted by molar-refractivity contribution is 6.01. The van der Waals surface area contributed by atoms with Gasteiger partial charge in [0.05, 0.1) is 30.6 Å². The summed E-state index contributed by atoms with van der Waals surface area (Å²) in [6, 6.07) is 8.68. The van der Waals surface area contributed by atoms with Gasteiger partial charge >= 0.3 is 6.09 Å². The molecule has 2 saturated heterocycles. The number of rotatable bonds is 6. The highest BCUT2D eigenvalue weighted by atomic mass is 19.1. The predicted octanol–water partition coefficient (Wildman–Crippen LogP) is 5.03. The number of ether oxygens (including phenoxy) is 2. The molecule has 5 rings (SSSR count). The van der Waals surface area contributed by atoms with Gasteiger partial charge in [0, 0.05) is 52.4 Å². The third-order valence-electron chi connectivity index (χ3n) is 7.79. The van der Waals surface area contributed by atoms with Crippen molar-refractivity contribution in [3.63, 3.8) is 0 Å². The van der Waals surface area contributed by atoms with E-state index in [0.717, 1.165) is 24.5 Å². The van der Waals surface area contributed by atoms with Crippen LogP contribution >= 0.6 is 0 Å². The average molecular weight is 593 g/mol. The van der Waals surface area contributed by atoms with E-state index < -0.39 is 5.60 Å². The molecule has 2 aromatic carbocycles. The number of anilines is 2. The first-order valence-corrected chi connectivity index (χ1v) is 14.8. The standard InChI is InChI=1S/C32H41FN6O4/c1-32(2,3)43-31(41)39-11-9-21(10-12-39)28-22(7-6-8-24(28)33)19-34-25-17-23(30(40)37(4)5)18-26-29(25)36-27(20-35-26)38-13-15-42-16-14-38/h6-8,17-18,20-21,34H,9-16,19H2,1-5H3.